The van der Waals surface area contributed by atoms with Crippen molar-refractivity contribution in [3.63, 3.8) is 0 Å². The van der Waals surface area contributed by atoms with E-state index in [1.165, 1.54) is 6.26 Å². The average molecular weight is 264 g/mol. The summed E-state index contributed by atoms with van der Waals surface area (Å²) in [6.07, 6.45) is 1.51. The number of nitrogens with one attached hydrogen (secondary N) is 1. The van der Waals surface area contributed by atoms with Gasteiger partial charge in [0.25, 0.3) is 5.91 Å². The Kier molecular flexibility index (Phi) is 3.72. The van der Waals surface area contributed by atoms with Crippen LogP contribution < -0.4 is 5.32 Å². The number of aryl methyl sites for hydroxylation is 1. The summed E-state index contributed by atoms with van der Waals surface area (Å²) < 4.78 is 5.15. The molecule has 4 heteroatoms. The number of halogens is 1. The first kappa shape index (κ1) is 12.7. The number of benzene rings is 1. The number of hydrogen-bond acceptors (Lipinski definition) is 2. The summed E-state index contributed by atoms with van der Waals surface area (Å²) in [5.41, 5.74) is 1.83. The molecule has 1 aromatic heterocycles. The maximum absolute atomic E-state index is 11.9. The van der Waals surface area contributed by atoms with Gasteiger partial charge in [0.15, 0.2) is 5.76 Å². The van der Waals surface area contributed by atoms with Crippen LogP contribution >= 0.6 is 11.6 Å². The number of carbonyl (C=O) groups is 1. The second-order valence-corrected chi connectivity index (χ2v) is 4.62. The Morgan fingerprint density at radius 1 is 1.28 bits per heavy atom. The van der Waals surface area contributed by atoms with Crippen LogP contribution in [0, 0.1) is 6.92 Å². The molecule has 0 fully saturated rings. The summed E-state index contributed by atoms with van der Waals surface area (Å²) >= 11 is 5.82. The first-order chi connectivity index (χ1) is 8.58. The van der Waals surface area contributed by atoms with Crippen molar-refractivity contribution < 1.29 is 9.21 Å². The third-order valence-corrected chi connectivity index (χ3v) is 3.04. The van der Waals surface area contributed by atoms with Crippen LogP contribution in [0.25, 0.3) is 0 Å². The highest BCUT2D eigenvalue weighted by Crippen LogP contribution is 2.17. The van der Waals surface area contributed by atoms with E-state index in [4.69, 9.17) is 16.0 Å². The fourth-order valence-electron chi connectivity index (χ4n) is 1.70. The van der Waals surface area contributed by atoms with Crippen molar-refractivity contribution in [1.82, 2.24) is 5.32 Å². The van der Waals surface area contributed by atoms with E-state index in [2.05, 4.69) is 5.32 Å². The fourth-order valence-corrected chi connectivity index (χ4v) is 1.83. The van der Waals surface area contributed by atoms with Gasteiger partial charge < -0.3 is 9.73 Å². The van der Waals surface area contributed by atoms with Gasteiger partial charge in [-0.25, -0.2) is 0 Å². The van der Waals surface area contributed by atoms with E-state index in [0.717, 1.165) is 11.1 Å². The van der Waals surface area contributed by atoms with Crippen molar-refractivity contribution >= 4 is 17.5 Å². The molecule has 0 saturated heterocycles. The highest BCUT2D eigenvalue weighted by Gasteiger charge is 2.15. The van der Waals surface area contributed by atoms with E-state index >= 15 is 0 Å². The van der Waals surface area contributed by atoms with Crippen LogP contribution in [0.3, 0.4) is 0 Å². The number of carbonyl (C=O) groups excluding carboxylic acids is 1. The molecule has 1 amide bonds. The van der Waals surface area contributed by atoms with Crippen molar-refractivity contribution in [1.29, 1.82) is 0 Å². The van der Waals surface area contributed by atoms with Crippen LogP contribution in [0.1, 0.15) is 34.6 Å². The third kappa shape index (κ3) is 2.74. The van der Waals surface area contributed by atoms with Crippen molar-refractivity contribution in [3.05, 3.63) is 58.5 Å². The van der Waals surface area contributed by atoms with E-state index in [9.17, 15) is 4.79 Å². The average Bonchev–Trinajstić information content (AvgIpc) is 2.76. The van der Waals surface area contributed by atoms with E-state index < -0.39 is 0 Å². The topological polar surface area (TPSA) is 42.2 Å². The smallest absolute Gasteiger partial charge is 0.287 e. The highest BCUT2D eigenvalue weighted by molar-refractivity contribution is 6.30. The zero-order valence-electron chi connectivity index (χ0n) is 10.2. The second kappa shape index (κ2) is 5.27. The third-order valence-electron chi connectivity index (χ3n) is 2.79. The molecule has 1 atom stereocenters. The Labute approximate surface area is 111 Å². The lowest BCUT2D eigenvalue weighted by Gasteiger charge is -2.13. The SMILES string of the molecule is Cc1ccoc1C(=O)NC(C)c1ccc(Cl)cc1. The largest absolute Gasteiger partial charge is 0.459 e. The number of rotatable bonds is 3. The van der Waals surface area contributed by atoms with Crippen LogP contribution in [-0.2, 0) is 0 Å². The molecule has 0 bridgehead atoms. The van der Waals surface area contributed by atoms with Crippen molar-refractivity contribution in [2.75, 3.05) is 0 Å². The van der Waals surface area contributed by atoms with Crippen LogP contribution in [0.2, 0.25) is 5.02 Å². The summed E-state index contributed by atoms with van der Waals surface area (Å²) in [6.45, 7) is 3.75. The molecular formula is C14H14ClNO2. The summed E-state index contributed by atoms with van der Waals surface area (Å²) in [4.78, 5) is 11.9. The zero-order chi connectivity index (χ0) is 13.1. The second-order valence-electron chi connectivity index (χ2n) is 4.18. The molecule has 0 spiro atoms. The Morgan fingerprint density at radius 2 is 1.94 bits per heavy atom. The van der Waals surface area contributed by atoms with Gasteiger partial charge in [0.05, 0.1) is 12.3 Å². The van der Waals surface area contributed by atoms with E-state index in [-0.39, 0.29) is 11.9 Å². The minimum Gasteiger partial charge on any atom is -0.459 e. The van der Waals surface area contributed by atoms with Gasteiger partial charge in [0, 0.05) is 10.6 Å². The molecule has 1 aromatic carbocycles. The molecule has 18 heavy (non-hydrogen) atoms. The van der Waals surface area contributed by atoms with Gasteiger partial charge in [-0.3, -0.25) is 4.79 Å². The van der Waals surface area contributed by atoms with Gasteiger partial charge >= 0.3 is 0 Å². The van der Waals surface area contributed by atoms with Gasteiger partial charge in [-0.05, 0) is 37.6 Å². The highest BCUT2D eigenvalue weighted by atomic mass is 35.5. The predicted molar refractivity (Wildman–Crippen MR) is 70.8 cm³/mol. The molecule has 1 unspecified atom stereocenters. The van der Waals surface area contributed by atoms with Gasteiger partial charge in [0.1, 0.15) is 0 Å². The summed E-state index contributed by atoms with van der Waals surface area (Å²) in [5, 5.41) is 3.56. The quantitative estimate of drug-likeness (QED) is 0.917. The first-order valence-corrected chi connectivity index (χ1v) is 6.06. The van der Waals surface area contributed by atoms with Crippen molar-refractivity contribution in [3.8, 4) is 0 Å². The maximum Gasteiger partial charge on any atom is 0.287 e. The monoisotopic (exact) mass is 263 g/mol. The molecule has 2 aromatic rings. The van der Waals surface area contributed by atoms with E-state index in [0.29, 0.717) is 10.8 Å². The normalized spacial score (nSPS) is 12.2. The number of furan rings is 1. The van der Waals surface area contributed by atoms with E-state index in [1.807, 2.05) is 26.0 Å². The zero-order valence-corrected chi connectivity index (χ0v) is 11.0. The number of amides is 1. The van der Waals surface area contributed by atoms with Crippen LogP contribution in [0.5, 0.6) is 0 Å². The molecule has 1 N–H and O–H groups in total. The predicted octanol–water partition coefficient (Wildman–Crippen LogP) is 3.73. The Bertz CT molecular complexity index is 545. The molecule has 3 nitrogen and oxygen atoms in total. The standard InChI is InChI=1S/C14H14ClNO2/c1-9-7-8-18-13(9)14(17)16-10(2)11-3-5-12(15)6-4-11/h3-8,10H,1-2H3,(H,16,17). The van der Waals surface area contributed by atoms with Crippen LogP contribution in [-0.4, -0.2) is 5.91 Å². The lowest BCUT2D eigenvalue weighted by molar-refractivity contribution is 0.0911. The molecule has 1 heterocycles. The maximum atomic E-state index is 11.9. The van der Waals surface area contributed by atoms with Gasteiger partial charge in [-0.15, -0.1) is 0 Å². The minimum absolute atomic E-state index is 0.0979. The number of hydrogen-bond donors (Lipinski definition) is 1. The van der Waals surface area contributed by atoms with Crippen molar-refractivity contribution in [2.45, 2.75) is 19.9 Å². The lowest BCUT2D eigenvalue weighted by atomic mass is 10.1. The van der Waals surface area contributed by atoms with E-state index in [1.54, 1.807) is 18.2 Å². The molecule has 0 saturated carbocycles. The Balaban J connectivity index is 2.08. The first-order valence-electron chi connectivity index (χ1n) is 5.68. The van der Waals surface area contributed by atoms with Gasteiger partial charge in [-0.1, -0.05) is 23.7 Å². The fraction of sp³-hybridized carbons (Fsp3) is 0.214. The van der Waals surface area contributed by atoms with Crippen LogP contribution in [0.4, 0.5) is 0 Å². The Hall–Kier alpha value is -1.74. The van der Waals surface area contributed by atoms with Gasteiger partial charge in [0.2, 0.25) is 0 Å². The Morgan fingerprint density at radius 3 is 2.50 bits per heavy atom. The summed E-state index contributed by atoms with van der Waals surface area (Å²) in [6, 6.07) is 9.06. The van der Waals surface area contributed by atoms with Crippen LogP contribution in [0.15, 0.2) is 41.0 Å². The summed E-state index contributed by atoms with van der Waals surface area (Å²) in [7, 11) is 0. The van der Waals surface area contributed by atoms with Crippen molar-refractivity contribution in [2.24, 2.45) is 0 Å². The van der Waals surface area contributed by atoms with Gasteiger partial charge in [-0.2, -0.15) is 0 Å². The lowest BCUT2D eigenvalue weighted by Crippen LogP contribution is -2.26. The molecular weight excluding hydrogens is 250 g/mol. The molecule has 0 aliphatic carbocycles. The molecule has 0 radical (unpaired) electrons. The molecule has 2 rings (SSSR count). The molecule has 94 valence electrons. The molecule has 0 aliphatic heterocycles. The molecule has 0 aliphatic rings. The minimum atomic E-state index is -0.208. The summed E-state index contributed by atoms with van der Waals surface area (Å²) in [5.74, 6) is 0.149.